The predicted molar refractivity (Wildman–Crippen MR) is 114 cm³/mol. The molecule has 142 valence electrons. The van der Waals surface area contributed by atoms with Crippen LogP contribution in [-0.4, -0.2) is 21.1 Å². The highest BCUT2D eigenvalue weighted by Gasteiger charge is 2.18. The van der Waals surface area contributed by atoms with Gasteiger partial charge in [0, 0.05) is 22.6 Å². The summed E-state index contributed by atoms with van der Waals surface area (Å²) in [5, 5.41) is 0.526. The van der Waals surface area contributed by atoms with E-state index in [0.29, 0.717) is 11.0 Å². The first-order valence-electron chi connectivity index (χ1n) is 9.21. The van der Waals surface area contributed by atoms with E-state index < -0.39 is 0 Å². The molecule has 2 heterocycles. The van der Waals surface area contributed by atoms with Crippen LogP contribution in [0.15, 0.2) is 58.2 Å². The van der Waals surface area contributed by atoms with Gasteiger partial charge in [0.05, 0.1) is 5.75 Å². The smallest absolute Gasteiger partial charge is 0.257 e. The molecular weight excluding hydrogens is 368 g/mol. The molecule has 0 bridgehead atoms. The van der Waals surface area contributed by atoms with Crippen molar-refractivity contribution < 1.29 is 9.21 Å². The molecule has 0 amide bonds. The fraction of sp³-hybridized carbons (Fsp3) is 0.217. The number of oxazole rings is 1. The molecule has 0 spiro atoms. The van der Waals surface area contributed by atoms with Crippen LogP contribution in [0.1, 0.15) is 32.9 Å². The Hall–Kier alpha value is -2.79. The molecule has 0 aliphatic rings. The number of carbonyl (C=O) groups is 1. The minimum absolute atomic E-state index is 0.0796. The van der Waals surface area contributed by atoms with Gasteiger partial charge in [-0.15, -0.1) is 0 Å². The third kappa shape index (κ3) is 3.50. The summed E-state index contributed by atoms with van der Waals surface area (Å²) in [5.41, 5.74) is 7.83. The molecule has 4 rings (SSSR count). The van der Waals surface area contributed by atoms with E-state index in [2.05, 4.69) is 41.6 Å². The number of carbonyl (C=O) groups excluding carboxylic acids is 1. The van der Waals surface area contributed by atoms with Crippen molar-refractivity contribution in [2.45, 2.75) is 32.9 Å². The highest BCUT2D eigenvalue weighted by Crippen LogP contribution is 2.27. The number of Topliss-reactive ketones (excluding diaryl/α,β-unsaturated/α-hetero) is 1. The summed E-state index contributed by atoms with van der Waals surface area (Å²) in [5.74, 6) is 0.375. The summed E-state index contributed by atoms with van der Waals surface area (Å²) >= 11 is 1.34. The molecule has 0 unspecified atom stereocenters. The molecule has 5 heteroatoms. The number of aromatic nitrogens is 2. The SMILES string of the molecule is Cc1cc(C)cc(-n2c(C)cc(C(=O)CSc3nc4ccccc4o3)c2C)c1. The van der Waals surface area contributed by atoms with Gasteiger partial charge in [-0.05, 0) is 69.2 Å². The van der Waals surface area contributed by atoms with E-state index in [1.54, 1.807) is 0 Å². The Morgan fingerprint density at radius 3 is 2.46 bits per heavy atom. The summed E-state index contributed by atoms with van der Waals surface area (Å²) in [7, 11) is 0. The van der Waals surface area contributed by atoms with Crippen LogP contribution in [0.5, 0.6) is 0 Å². The monoisotopic (exact) mass is 390 g/mol. The van der Waals surface area contributed by atoms with Crippen molar-refractivity contribution in [3.63, 3.8) is 0 Å². The minimum atomic E-state index is 0.0796. The van der Waals surface area contributed by atoms with Crippen molar-refractivity contribution in [2.24, 2.45) is 0 Å². The second-order valence-corrected chi connectivity index (χ2v) is 8.05. The van der Waals surface area contributed by atoms with Gasteiger partial charge in [0.25, 0.3) is 5.22 Å². The zero-order valence-electron chi connectivity index (χ0n) is 16.4. The van der Waals surface area contributed by atoms with Crippen molar-refractivity contribution in [2.75, 3.05) is 5.75 Å². The fourth-order valence-electron chi connectivity index (χ4n) is 3.64. The molecule has 0 atom stereocenters. The van der Waals surface area contributed by atoms with E-state index in [0.717, 1.165) is 33.7 Å². The van der Waals surface area contributed by atoms with Crippen LogP contribution in [0.25, 0.3) is 16.8 Å². The number of para-hydroxylation sites is 2. The third-order valence-electron chi connectivity index (χ3n) is 4.80. The van der Waals surface area contributed by atoms with E-state index in [9.17, 15) is 4.79 Å². The van der Waals surface area contributed by atoms with Gasteiger partial charge in [-0.3, -0.25) is 4.79 Å². The maximum atomic E-state index is 12.9. The van der Waals surface area contributed by atoms with Crippen LogP contribution in [-0.2, 0) is 0 Å². The predicted octanol–water partition coefficient (Wildman–Crippen LogP) is 5.83. The van der Waals surface area contributed by atoms with Gasteiger partial charge in [0.1, 0.15) is 5.52 Å². The molecule has 2 aromatic heterocycles. The maximum absolute atomic E-state index is 12.9. The molecule has 0 fully saturated rings. The van der Waals surface area contributed by atoms with Gasteiger partial charge in [-0.25, -0.2) is 4.98 Å². The Kier molecular flexibility index (Phi) is 4.85. The Bertz CT molecular complexity index is 1130. The largest absolute Gasteiger partial charge is 0.431 e. The molecule has 0 radical (unpaired) electrons. The van der Waals surface area contributed by atoms with Crippen molar-refractivity contribution >= 4 is 28.6 Å². The molecule has 0 aliphatic carbocycles. The van der Waals surface area contributed by atoms with Crippen molar-refractivity contribution in [3.8, 4) is 5.69 Å². The number of nitrogens with zero attached hydrogens (tertiary/aromatic N) is 2. The van der Waals surface area contributed by atoms with Crippen LogP contribution in [0.2, 0.25) is 0 Å². The normalized spacial score (nSPS) is 11.3. The van der Waals surface area contributed by atoms with Crippen molar-refractivity contribution in [1.82, 2.24) is 9.55 Å². The van der Waals surface area contributed by atoms with Gasteiger partial charge in [-0.1, -0.05) is 30.0 Å². The highest BCUT2D eigenvalue weighted by atomic mass is 32.2. The first-order valence-corrected chi connectivity index (χ1v) is 10.2. The van der Waals surface area contributed by atoms with Crippen LogP contribution < -0.4 is 0 Å². The van der Waals surface area contributed by atoms with Crippen LogP contribution >= 0.6 is 11.8 Å². The topological polar surface area (TPSA) is 48.0 Å². The zero-order valence-corrected chi connectivity index (χ0v) is 17.3. The Morgan fingerprint density at radius 1 is 1.04 bits per heavy atom. The molecule has 2 aromatic carbocycles. The molecule has 4 aromatic rings. The number of ketones is 1. The van der Waals surface area contributed by atoms with Gasteiger partial charge in [-0.2, -0.15) is 0 Å². The molecule has 0 aliphatic heterocycles. The Labute approximate surface area is 168 Å². The number of hydrogen-bond donors (Lipinski definition) is 0. The molecule has 0 saturated carbocycles. The summed E-state index contributed by atoms with van der Waals surface area (Å²) in [6.07, 6.45) is 0. The van der Waals surface area contributed by atoms with Gasteiger partial charge in [0.15, 0.2) is 11.4 Å². The molecule has 28 heavy (non-hydrogen) atoms. The van der Waals surface area contributed by atoms with Crippen LogP contribution in [0.4, 0.5) is 0 Å². The van der Waals surface area contributed by atoms with Crippen LogP contribution in [0, 0.1) is 27.7 Å². The second-order valence-electron chi connectivity index (χ2n) is 7.13. The van der Waals surface area contributed by atoms with E-state index >= 15 is 0 Å². The first-order chi connectivity index (χ1) is 13.4. The zero-order chi connectivity index (χ0) is 19.8. The summed E-state index contributed by atoms with van der Waals surface area (Å²) < 4.78 is 7.85. The van der Waals surface area contributed by atoms with E-state index in [1.165, 1.54) is 22.9 Å². The molecule has 4 nitrogen and oxygen atoms in total. The number of aryl methyl sites for hydroxylation is 3. The Balaban J connectivity index is 1.58. The number of rotatable bonds is 5. The summed E-state index contributed by atoms with van der Waals surface area (Å²) in [6, 6.07) is 16.0. The highest BCUT2D eigenvalue weighted by molar-refractivity contribution is 7.99. The Morgan fingerprint density at radius 2 is 1.75 bits per heavy atom. The fourth-order valence-corrected chi connectivity index (χ4v) is 4.36. The average molecular weight is 391 g/mol. The number of benzene rings is 2. The van der Waals surface area contributed by atoms with Gasteiger partial charge >= 0.3 is 0 Å². The lowest BCUT2D eigenvalue weighted by Crippen LogP contribution is -2.06. The summed E-state index contributed by atoms with van der Waals surface area (Å²) in [6.45, 7) is 8.22. The maximum Gasteiger partial charge on any atom is 0.257 e. The molecular formula is C23H22N2O2S. The lowest BCUT2D eigenvalue weighted by Gasteiger charge is -2.12. The number of fused-ring (bicyclic) bond motifs is 1. The van der Waals surface area contributed by atoms with E-state index in [1.807, 2.05) is 44.2 Å². The van der Waals surface area contributed by atoms with Gasteiger partial charge in [0.2, 0.25) is 0 Å². The lowest BCUT2D eigenvalue weighted by atomic mass is 10.1. The minimum Gasteiger partial charge on any atom is -0.431 e. The first kappa shape index (κ1) is 18.6. The standard InChI is InChI=1S/C23H22N2O2S/c1-14-9-15(2)11-18(10-14)25-16(3)12-19(17(25)4)21(26)13-28-23-24-20-7-5-6-8-22(20)27-23/h5-12H,13H2,1-4H3. The van der Waals surface area contributed by atoms with Crippen LogP contribution in [0.3, 0.4) is 0 Å². The quantitative estimate of drug-likeness (QED) is 0.318. The van der Waals surface area contributed by atoms with Crippen molar-refractivity contribution in [1.29, 1.82) is 0 Å². The molecule has 0 saturated heterocycles. The average Bonchev–Trinajstić information content (AvgIpc) is 3.19. The van der Waals surface area contributed by atoms with E-state index in [-0.39, 0.29) is 5.78 Å². The number of thioether (sulfide) groups is 1. The van der Waals surface area contributed by atoms with E-state index in [4.69, 9.17) is 4.42 Å². The van der Waals surface area contributed by atoms with Gasteiger partial charge < -0.3 is 8.98 Å². The summed E-state index contributed by atoms with van der Waals surface area (Å²) in [4.78, 5) is 17.3. The number of hydrogen-bond acceptors (Lipinski definition) is 4. The second kappa shape index (κ2) is 7.32. The third-order valence-corrected chi connectivity index (χ3v) is 5.63. The van der Waals surface area contributed by atoms with Crippen molar-refractivity contribution in [3.05, 3.63) is 76.6 Å². The lowest BCUT2D eigenvalue weighted by molar-refractivity contribution is 0.102. The molecule has 0 N–H and O–H groups in total.